The molecule has 0 amide bonds. The molecule has 1 saturated carbocycles. The third-order valence-electron chi connectivity index (χ3n) is 4.88. The molecule has 1 saturated heterocycles. The number of benzene rings is 1. The van der Waals surface area contributed by atoms with Crippen molar-refractivity contribution in [1.29, 1.82) is 0 Å². The van der Waals surface area contributed by atoms with Gasteiger partial charge in [0, 0.05) is 49.9 Å². The van der Waals surface area contributed by atoms with Gasteiger partial charge in [0.1, 0.15) is 0 Å². The predicted octanol–water partition coefficient (Wildman–Crippen LogP) is 2.02. The molecule has 2 N–H and O–H groups in total. The Morgan fingerprint density at radius 1 is 1.21 bits per heavy atom. The standard InChI is InChI=1S/C16H23N3/c1-2-4-16-15(3-1)12(10-18-16)9-17-13-7-8-19(11-13)14-5-6-14/h1-4,12-14,17-18H,5-11H2. The lowest BCUT2D eigenvalue weighted by atomic mass is 10.0. The van der Waals surface area contributed by atoms with E-state index in [2.05, 4.69) is 39.8 Å². The Morgan fingerprint density at radius 2 is 2.11 bits per heavy atom. The molecule has 2 unspecified atom stereocenters. The molecule has 1 aromatic rings. The number of rotatable bonds is 4. The number of para-hydroxylation sites is 1. The fourth-order valence-electron chi connectivity index (χ4n) is 3.57. The van der Waals surface area contributed by atoms with Crippen LogP contribution in [0, 0.1) is 0 Å². The lowest BCUT2D eigenvalue weighted by molar-refractivity contribution is 0.317. The van der Waals surface area contributed by atoms with Gasteiger partial charge in [-0.3, -0.25) is 4.90 Å². The lowest BCUT2D eigenvalue weighted by Crippen LogP contribution is -2.36. The quantitative estimate of drug-likeness (QED) is 0.864. The van der Waals surface area contributed by atoms with Crippen LogP contribution in [0.25, 0.3) is 0 Å². The maximum atomic E-state index is 3.80. The molecule has 0 aromatic heterocycles. The fourth-order valence-corrected chi connectivity index (χ4v) is 3.57. The monoisotopic (exact) mass is 257 g/mol. The molecule has 0 bridgehead atoms. The van der Waals surface area contributed by atoms with Crippen LogP contribution in [0.4, 0.5) is 5.69 Å². The molecule has 1 aliphatic carbocycles. The molecular formula is C16H23N3. The highest BCUT2D eigenvalue weighted by atomic mass is 15.2. The van der Waals surface area contributed by atoms with Gasteiger partial charge in [-0.1, -0.05) is 18.2 Å². The topological polar surface area (TPSA) is 27.3 Å². The minimum Gasteiger partial charge on any atom is -0.384 e. The molecule has 0 radical (unpaired) electrons. The summed E-state index contributed by atoms with van der Waals surface area (Å²) in [5.74, 6) is 0.645. The maximum absolute atomic E-state index is 3.80. The molecule has 1 aromatic carbocycles. The summed E-state index contributed by atoms with van der Waals surface area (Å²) >= 11 is 0. The van der Waals surface area contributed by atoms with Gasteiger partial charge in [0.05, 0.1) is 0 Å². The van der Waals surface area contributed by atoms with Crippen molar-refractivity contribution in [1.82, 2.24) is 10.2 Å². The van der Waals surface area contributed by atoms with E-state index in [-0.39, 0.29) is 0 Å². The van der Waals surface area contributed by atoms with Gasteiger partial charge in [0.2, 0.25) is 0 Å². The van der Waals surface area contributed by atoms with Crippen molar-refractivity contribution in [3.8, 4) is 0 Å². The van der Waals surface area contributed by atoms with E-state index in [1.807, 2.05) is 0 Å². The van der Waals surface area contributed by atoms with Crippen LogP contribution in [0.15, 0.2) is 24.3 Å². The smallest absolute Gasteiger partial charge is 0.0376 e. The minimum atomic E-state index is 0.645. The molecule has 0 spiro atoms. The number of hydrogen-bond donors (Lipinski definition) is 2. The van der Waals surface area contributed by atoms with Gasteiger partial charge in [-0.25, -0.2) is 0 Å². The first kappa shape index (κ1) is 11.7. The van der Waals surface area contributed by atoms with Crippen LogP contribution in [-0.4, -0.2) is 43.2 Å². The van der Waals surface area contributed by atoms with Crippen LogP contribution >= 0.6 is 0 Å². The summed E-state index contributed by atoms with van der Waals surface area (Å²) in [5, 5.41) is 7.31. The Hall–Kier alpha value is -1.06. The summed E-state index contributed by atoms with van der Waals surface area (Å²) in [4.78, 5) is 2.68. The molecule has 2 heterocycles. The van der Waals surface area contributed by atoms with E-state index in [9.17, 15) is 0 Å². The number of hydrogen-bond acceptors (Lipinski definition) is 3. The van der Waals surface area contributed by atoms with Crippen molar-refractivity contribution < 1.29 is 0 Å². The second kappa shape index (κ2) is 4.80. The normalized spacial score (nSPS) is 30.3. The zero-order chi connectivity index (χ0) is 12.7. The van der Waals surface area contributed by atoms with Crippen LogP contribution < -0.4 is 10.6 Å². The van der Waals surface area contributed by atoms with E-state index in [0.29, 0.717) is 12.0 Å². The van der Waals surface area contributed by atoms with Crippen molar-refractivity contribution in [2.24, 2.45) is 0 Å². The fraction of sp³-hybridized carbons (Fsp3) is 0.625. The third-order valence-corrected chi connectivity index (χ3v) is 4.88. The Bertz CT molecular complexity index is 455. The van der Waals surface area contributed by atoms with Gasteiger partial charge >= 0.3 is 0 Å². The summed E-state index contributed by atoms with van der Waals surface area (Å²) in [6.45, 7) is 4.78. The number of likely N-dealkylation sites (tertiary alicyclic amines) is 1. The highest BCUT2D eigenvalue weighted by Crippen LogP contribution is 2.32. The lowest BCUT2D eigenvalue weighted by Gasteiger charge is -2.18. The zero-order valence-corrected chi connectivity index (χ0v) is 11.4. The van der Waals surface area contributed by atoms with Crippen LogP contribution in [0.2, 0.25) is 0 Å². The number of fused-ring (bicyclic) bond motifs is 1. The number of nitrogens with one attached hydrogen (secondary N) is 2. The second-order valence-corrected chi connectivity index (χ2v) is 6.29. The first-order chi connectivity index (χ1) is 9.40. The molecule has 3 aliphatic rings. The highest BCUT2D eigenvalue weighted by molar-refractivity contribution is 5.57. The highest BCUT2D eigenvalue weighted by Gasteiger charge is 2.34. The Kier molecular flexibility index (Phi) is 2.97. The summed E-state index contributed by atoms with van der Waals surface area (Å²) in [7, 11) is 0. The van der Waals surface area contributed by atoms with E-state index in [1.165, 1.54) is 43.6 Å². The molecule has 2 atom stereocenters. The summed E-state index contributed by atoms with van der Waals surface area (Å²) in [6, 6.07) is 10.4. The van der Waals surface area contributed by atoms with E-state index in [1.54, 1.807) is 0 Å². The first-order valence-corrected chi connectivity index (χ1v) is 7.70. The molecule has 3 heteroatoms. The second-order valence-electron chi connectivity index (χ2n) is 6.29. The molecule has 4 rings (SSSR count). The maximum Gasteiger partial charge on any atom is 0.0376 e. The Morgan fingerprint density at radius 3 is 3.00 bits per heavy atom. The van der Waals surface area contributed by atoms with Gasteiger partial charge in [-0.15, -0.1) is 0 Å². The van der Waals surface area contributed by atoms with Crippen molar-refractivity contribution in [2.45, 2.75) is 37.3 Å². The molecule has 19 heavy (non-hydrogen) atoms. The average Bonchev–Trinajstić information content (AvgIpc) is 3.05. The van der Waals surface area contributed by atoms with Crippen LogP contribution in [-0.2, 0) is 0 Å². The van der Waals surface area contributed by atoms with Crippen molar-refractivity contribution in [3.05, 3.63) is 29.8 Å². The zero-order valence-electron chi connectivity index (χ0n) is 11.4. The van der Waals surface area contributed by atoms with Crippen LogP contribution in [0.1, 0.15) is 30.7 Å². The average molecular weight is 257 g/mol. The first-order valence-electron chi connectivity index (χ1n) is 7.70. The van der Waals surface area contributed by atoms with Gasteiger partial charge in [0.25, 0.3) is 0 Å². The molecular weight excluding hydrogens is 234 g/mol. The van der Waals surface area contributed by atoms with Gasteiger partial charge in [0.15, 0.2) is 0 Å². The number of nitrogens with zero attached hydrogens (tertiary/aromatic N) is 1. The SMILES string of the molecule is c1ccc2c(c1)NCC2CNC1CCN(C2CC2)C1. The van der Waals surface area contributed by atoms with E-state index >= 15 is 0 Å². The number of anilines is 1. The van der Waals surface area contributed by atoms with Crippen LogP contribution in [0.5, 0.6) is 0 Å². The van der Waals surface area contributed by atoms with Gasteiger partial charge in [-0.2, -0.15) is 0 Å². The van der Waals surface area contributed by atoms with Crippen LogP contribution in [0.3, 0.4) is 0 Å². The summed E-state index contributed by atoms with van der Waals surface area (Å²) in [5.41, 5.74) is 2.83. The van der Waals surface area contributed by atoms with E-state index in [4.69, 9.17) is 0 Å². The van der Waals surface area contributed by atoms with Gasteiger partial charge < -0.3 is 10.6 Å². The Labute approximate surface area is 115 Å². The molecule has 2 fully saturated rings. The Balaban J connectivity index is 1.31. The molecule has 3 nitrogen and oxygen atoms in total. The molecule has 102 valence electrons. The van der Waals surface area contributed by atoms with Crippen molar-refractivity contribution >= 4 is 5.69 Å². The minimum absolute atomic E-state index is 0.645. The van der Waals surface area contributed by atoms with Crippen molar-refractivity contribution in [2.75, 3.05) is 31.5 Å². The van der Waals surface area contributed by atoms with E-state index in [0.717, 1.165) is 19.1 Å². The van der Waals surface area contributed by atoms with Gasteiger partial charge in [-0.05, 0) is 30.9 Å². The largest absolute Gasteiger partial charge is 0.384 e. The summed E-state index contributed by atoms with van der Waals surface area (Å²) < 4.78 is 0. The van der Waals surface area contributed by atoms with E-state index < -0.39 is 0 Å². The molecule has 2 aliphatic heterocycles. The predicted molar refractivity (Wildman–Crippen MR) is 78.7 cm³/mol. The third kappa shape index (κ3) is 2.37. The van der Waals surface area contributed by atoms with Crippen molar-refractivity contribution in [3.63, 3.8) is 0 Å². The summed E-state index contributed by atoms with van der Waals surface area (Å²) in [6.07, 6.45) is 4.21.